The zero-order valence-electron chi connectivity index (χ0n) is 24.1. The van der Waals surface area contributed by atoms with E-state index in [1.165, 1.54) is 9.21 Å². The van der Waals surface area contributed by atoms with Crippen LogP contribution in [-0.4, -0.2) is 50.3 Å². The first kappa shape index (κ1) is 30.9. The van der Waals surface area contributed by atoms with Crippen LogP contribution in [-0.2, 0) is 32.5 Å². The Labute approximate surface area is 239 Å². The number of sulfonamides is 1. The highest BCUT2D eigenvalue weighted by Gasteiger charge is 2.33. The van der Waals surface area contributed by atoms with Crippen molar-refractivity contribution in [2.75, 3.05) is 17.4 Å². The van der Waals surface area contributed by atoms with E-state index in [0.717, 1.165) is 23.1 Å². The van der Waals surface area contributed by atoms with Crippen molar-refractivity contribution in [3.63, 3.8) is 0 Å². The highest BCUT2D eigenvalue weighted by Crippen LogP contribution is 2.28. The summed E-state index contributed by atoms with van der Waals surface area (Å²) < 4.78 is 29.2. The van der Waals surface area contributed by atoms with Crippen LogP contribution in [0.15, 0.2) is 83.8 Å². The second-order valence-electron chi connectivity index (χ2n) is 10.1. The van der Waals surface area contributed by atoms with Crippen LogP contribution in [0, 0.1) is 6.92 Å². The van der Waals surface area contributed by atoms with Gasteiger partial charge in [-0.3, -0.25) is 13.9 Å². The van der Waals surface area contributed by atoms with E-state index >= 15 is 0 Å². The van der Waals surface area contributed by atoms with Gasteiger partial charge in [0.25, 0.3) is 10.0 Å². The molecule has 0 spiro atoms. The fraction of sp³-hybridized carbons (Fsp3) is 0.375. The van der Waals surface area contributed by atoms with Crippen molar-refractivity contribution in [2.45, 2.75) is 70.9 Å². The molecule has 0 unspecified atom stereocenters. The van der Waals surface area contributed by atoms with Gasteiger partial charge in [0.15, 0.2) is 0 Å². The predicted octanol–water partition coefficient (Wildman–Crippen LogP) is 5.13. The van der Waals surface area contributed by atoms with Crippen LogP contribution in [0.2, 0.25) is 0 Å². The van der Waals surface area contributed by atoms with Crippen molar-refractivity contribution in [1.82, 2.24) is 10.2 Å². The molecule has 0 aliphatic carbocycles. The summed E-state index contributed by atoms with van der Waals surface area (Å²) in [7, 11) is -4.08. The Kier molecular flexibility index (Phi) is 10.9. The Morgan fingerprint density at radius 2 is 1.50 bits per heavy atom. The lowest BCUT2D eigenvalue weighted by molar-refractivity contribution is -0.139. The van der Waals surface area contributed by atoms with Gasteiger partial charge in [-0.05, 0) is 69.4 Å². The zero-order chi connectivity index (χ0) is 29.3. The summed E-state index contributed by atoms with van der Waals surface area (Å²) in [6.07, 6.45) is 1.88. The minimum Gasteiger partial charge on any atom is -0.352 e. The van der Waals surface area contributed by atoms with Crippen LogP contribution in [0.5, 0.6) is 0 Å². The van der Waals surface area contributed by atoms with E-state index in [-0.39, 0.29) is 23.4 Å². The second-order valence-corrected chi connectivity index (χ2v) is 12.0. The van der Waals surface area contributed by atoms with E-state index in [0.29, 0.717) is 18.5 Å². The first-order valence-electron chi connectivity index (χ1n) is 13.9. The van der Waals surface area contributed by atoms with Crippen LogP contribution in [0.25, 0.3) is 0 Å². The first-order chi connectivity index (χ1) is 19.1. The number of rotatable bonds is 13. The van der Waals surface area contributed by atoms with E-state index in [9.17, 15) is 18.0 Å². The Hall–Kier alpha value is -3.65. The molecule has 0 radical (unpaired) electrons. The van der Waals surface area contributed by atoms with Gasteiger partial charge in [-0.15, -0.1) is 0 Å². The van der Waals surface area contributed by atoms with Gasteiger partial charge in [0.2, 0.25) is 11.8 Å². The van der Waals surface area contributed by atoms with E-state index in [1.807, 2.05) is 70.2 Å². The molecular formula is C32H41N3O4S. The van der Waals surface area contributed by atoms with Crippen LogP contribution in [0.3, 0.4) is 0 Å². The number of aryl methyl sites for hydroxylation is 2. The predicted molar refractivity (Wildman–Crippen MR) is 161 cm³/mol. The van der Waals surface area contributed by atoms with E-state index in [1.54, 1.807) is 43.3 Å². The average molecular weight is 564 g/mol. The second kappa shape index (κ2) is 14.1. The number of hydrogen-bond donors (Lipinski definition) is 1. The maximum absolute atomic E-state index is 14.0. The lowest BCUT2D eigenvalue weighted by atomic mass is 10.1. The maximum Gasteiger partial charge on any atom is 0.264 e. The molecule has 0 fully saturated rings. The highest BCUT2D eigenvalue weighted by atomic mass is 32.2. The molecule has 0 bridgehead atoms. The molecule has 3 rings (SSSR count). The quantitative estimate of drug-likeness (QED) is 0.313. The number of nitrogens with zero attached hydrogens (tertiary/aromatic N) is 2. The number of carbonyl (C=O) groups excluding carboxylic acids is 2. The van der Waals surface area contributed by atoms with Crippen LogP contribution < -0.4 is 9.62 Å². The van der Waals surface area contributed by atoms with Gasteiger partial charge >= 0.3 is 0 Å². The molecule has 8 heteroatoms. The molecular weight excluding hydrogens is 522 g/mol. The molecule has 0 saturated carbocycles. The lowest BCUT2D eigenvalue weighted by Crippen LogP contribution is -2.53. The van der Waals surface area contributed by atoms with Gasteiger partial charge in [0.05, 0.1) is 10.6 Å². The Balaban J connectivity index is 2.01. The van der Waals surface area contributed by atoms with Gasteiger partial charge in [-0.25, -0.2) is 8.42 Å². The minimum absolute atomic E-state index is 0.0455. The Bertz CT molecular complexity index is 1370. The number of hydrogen-bond acceptors (Lipinski definition) is 4. The molecule has 2 amide bonds. The van der Waals surface area contributed by atoms with Crippen LogP contribution >= 0.6 is 0 Å². The lowest BCUT2D eigenvalue weighted by Gasteiger charge is -2.33. The van der Waals surface area contributed by atoms with E-state index in [4.69, 9.17) is 0 Å². The number of amides is 2. The fourth-order valence-electron chi connectivity index (χ4n) is 4.44. The molecule has 3 aromatic carbocycles. The molecule has 214 valence electrons. The SMILES string of the molecule is CCc1ccccc1N(CC(=O)N(CCc1ccccc1)[C@H](C)C(=O)N[C@@H](C)CC)S(=O)(=O)c1ccc(C)cc1. The number of para-hydroxylation sites is 1. The molecule has 0 aliphatic rings. The van der Waals surface area contributed by atoms with Crippen molar-refractivity contribution in [3.05, 3.63) is 95.6 Å². The van der Waals surface area contributed by atoms with Crippen molar-refractivity contribution in [1.29, 1.82) is 0 Å². The van der Waals surface area contributed by atoms with Crippen LogP contribution in [0.1, 0.15) is 50.8 Å². The summed E-state index contributed by atoms with van der Waals surface area (Å²) in [5.74, 6) is -0.706. The summed E-state index contributed by atoms with van der Waals surface area (Å²) in [6.45, 7) is 9.27. The van der Waals surface area contributed by atoms with Crippen LogP contribution in [0.4, 0.5) is 5.69 Å². The number of anilines is 1. The summed E-state index contributed by atoms with van der Waals surface area (Å²) in [6, 6.07) is 22.7. The molecule has 1 N–H and O–H groups in total. The number of carbonyl (C=O) groups is 2. The monoisotopic (exact) mass is 563 g/mol. The maximum atomic E-state index is 14.0. The molecule has 40 heavy (non-hydrogen) atoms. The molecule has 7 nitrogen and oxygen atoms in total. The largest absolute Gasteiger partial charge is 0.352 e. The van der Waals surface area contributed by atoms with Crippen molar-refractivity contribution >= 4 is 27.5 Å². The normalized spacial score (nSPS) is 12.8. The number of nitrogens with one attached hydrogen (secondary N) is 1. The summed E-state index contributed by atoms with van der Waals surface area (Å²) in [5.41, 5.74) is 3.22. The smallest absolute Gasteiger partial charge is 0.264 e. The molecule has 0 heterocycles. The van der Waals surface area contributed by atoms with Gasteiger partial charge in [-0.1, -0.05) is 80.1 Å². The standard InChI is InChI=1S/C32H41N3O4S/c1-6-25(4)33-32(37)26(5)34(22-21-27-13-9-8-10-14-27)31(36)23-35(30-16-12-11-15-28(30)7-2)40(38,39)29-19-17-24(3)18-20-29/h8-20,25-26H,6-7,21-23H2,1-5H3,(H,33,37)/t25-,26+/m0/s1. The van der Waals surface area contributed by atoms with Crippen molar-refractivity contribution < 1.29 is 18.0 Å². The van der Waals surface area contributed by atoms with Gasteiger partial charge < -0.3 is 10.2 Å². The number of benzene rings is 3. The molecule has 0 saturated heterocycles. The summed E-state index contributed by atoms with van der Waals surface area (Å²) in [4.78, 5) is 28.8. The fourth-order valence-corrected chi connectivity index (χ4v) is 5.89. The summed E-state index contributed by atoms with van der Waals surface area (Å²) in [5, 5.41) is 2.96. The third-order valence-electron chi connectivity index (χ3n) is 7.18. The first-order valence-corrected chi connectivity index (χ1v) is 15.3. The average Bonchev–Trinajstić information content (AvgIpc) is 2.96. The Morgan fingerprint density at radius 1 is 0.875 bits per heavy atom. The highest BCUT2D eigenvalue weighted by molar-refractivity contribution is 7.92. The minimum atomic E-state index is -4.08. The molecule has 3 aromatic rings. The summed E-state index contributed by atoms with van der Waals surface area (Å²) >= 11 is 0. The Morgan fingerprint density at radius 3 is 2.12 bits per heavy atom. The van der Waals surface area contributed by atoms with Gasteiger partial charge in [0.1, 0.15) is 12.6 Å². The van der Waals surface area contributed by atoms with Gasteiger partial charge in [0, 0.05) is 12.6 Å². The third kappa shape index (κ3) is 7.72. The topological polar surface area (TPSA) is 86.8 Å². The third-order valence-corrected chi connectivity index (χ3v) is 8.96. The van der Waals surface area contributed by atoms with E-state index < -0.39 is 28.5 Å². The molecule has 0 aliphatic heterocycles. The van der Waals surface area contributed by atoms with Crippen molar-refractivity contribution in [2.24, 2.45) is 0 Å². The van der Waals surface area contributed by atoms with E-state index in [2.05, 4.69) is 5.32 Å². The molecule has 0 aromatic heterocycles. The van der Waals surface area contributed by atoms with Crippen molar-refractivity contribution in [3.8, 4) is 0 Å². The zero-order valence-corrected chi connectivity index (χ0v) is 24.9. The van der Waals surface area contributed by atoms with Gasteiger partial charge in [-0.2, -0.15) is 0 Å². The molecule has 2 atom stereocenters.